The largest absolute Gasteiger partial charge is 0.493 e. The average Bonchev–Trinajstić information content (AvgIpc) is 3.20. The number of nitrogens with one attached hydrogen (secondary N) is 1. The molecule has 0 aliphatic carbocycles. The van der Waals surface area contributed by atoms with E-state index in [4.69, 9.17) is 4.74 Å². The van der Waals surface area contributed by atoms with Gasteiger partial charge in [-0.05, 0) is 48.6 Å². The third-order valence-corrected chi connectivity index (χ3v) is 6.88. The molecule has 5 nitrogen and oxygen atoms in total. The zero-order chi connectivity index (χ0) is 14.5. The topological polar surface area (TPSA) is 58.6 Å². The molecule has 0 saturated carbocycles. The summed E-state index contributed by atoms with van der Waals surface area (Å²) >= 11 is 0. The quantitative estimate of drug-likeness (QED) is 0.881. The number of sulfonamides is 1. The van der Waals surface area contributed by atoms with Crippen LogP contribution < -0.4 is 10.1 Å². The van der Waals surface area contributed by atoms with E-state index in [-0.39, 0.29) is 17.8 Å². The molecule has 3 aliphatic heterocycles. The zero-order valence-corrected chi connectivity index (χ0v) is 14.0. The van der Waals surface area contributed by atoms with Crippen LogP contribution in [0.5, 0.6) is 5.75 Å². The van der Waals surface area contributed by atoms with Crippen molar-refractivity contribution >= 4 is 22.4 Å². The Balaban J connectivity index is 0.00000144. The number of hydrogen-bond donors (Lipinski definition) is 1. The maximum atomic E-state index is 12.8. The van der Waals surface area contributed by atoms with Crippen LogP contribution >= 0.6 is 12.4 Å². The highest BCUT2D eigenvalue weighted by molar-refractivity contribution is 7.89. The van der Waals surface area contributed by atoms with Crippen LogP contribution in [0.25, 0.3) is 0 Å². The van der Waals surface area contributed by atoms with E-state index >= 15 is 0 Å². The molecule has 1 N–H and O–H groups in total. The van der Waals surface area contributed by atoms with Crippen LogP contribution in [0.3, 0.4) is 0 Å². The fourth-order valence-corrected chi connectivity index (χ4v) is 5.32. The molecule has 0 bridgehead atoms. The van der Waals surface area contributed by atoms with Crippen molar-refractivity contribution in [1.29, 1.82) is 0 Å². The Hall–Kier alpha value is -0.820. The summed E-state index contributed by atoms with van der Waals surface area (Å²) in [5.41, 5.74) is 1.17. The summed E-state index contributed by atoms with van der Waals surface area (Å²) in [6, 6.07) is 5.26. The zero-order valence-electron chi connectivity index (χ0n) is 12.4. The van der Waals surface area contributed by atoms with E-state index in [9.17, 15) is 8.42 Å². The monoisotopic (exact) mass is 344 g/mol. The lowest BCUT2D eigenvalue weighted by Gasteiger charge is -2.22. The second-order valence-electron chi connectivity index (χ2n) is 6.38. The van der Waals surface area contributed by atoms with Gasteiger partial charge in [-0.2, -0.15) is 4.31 Å². The Labute approximate surface area is 137 Å². The molecule has 22 heavy (non-hydrogen) atoms. The number of nitrogens with zero attached hydrogens (tertiary/aromatic N) is 1. The summed E-state index contributed by atoms with van der Waals surface area (Å²) in [7, 11) is -3.37. The van der Waals surface area contributed by atoms with Crippen molar-refractivity contribution in [3.8, 4) is 5.75 Å². The van der Waals surface area contributed by atoms with Crippen molar-refractivity contribution in [2.45, 2.75) is 24.2 Å². The molecule has 1 atom stereocenters. The van der Waals surface area contributed by atoms with Gasteiger partial charge < -0.3 is 10.1 Å². The van der Waals surface area contributed by atoms with E-state index in [1.165, 1.54) is 0 Å². The van der Waals surface area contributed by atoms with Gasteiger partial charge >= 0.3 is 0 Å². The lowest BCUT2D eigenvalue weighted by Crippen LogP contribution is -2.33. The van der Waals surface area contributed by atoms with Gasteiger partial charge in [0.1, 0.15) is 5.75 Å². The summed E-state index contributed by atoms with van der Waals surface area (Å²) in [4.78, 5) is 0.412. The molecule has 2 fully saturated rings. The normalized spacial score (nSPS) is 27.6. The lowest BCUT2D eigenvalue weighted by molar-refractivity contribution is 0.338. The minimum Gasteiger partial charge on any atom is -0.493 e. The van der Waals surface area contributed by atoms with Crippen molar-refractivity contribution in [2.24, 2.45) is 5.41 Å². The van der Waals surface area contributed by atoms with Gasteiger partial charge in [0.05, 0.1) is 11.5 Å². The van der Waals surface area contributed by atoms with E-state index in [1.54, 1.807) is 22.5 Å². The molecule has 3 aliphatic rings. The van der Waals surface area contributed by atoms with Crippen LogP contribution in [0.15, 0.2) is 23.1 Å². The molecule has 1 spiro atoms. The van der Waals surface area contributed by atoms with E-state index in [2.05, 4.69) is 5.32 Å². The number of hydrogen-bond acceptors (Lipinski definition) is 4. The summed E-state index contributed by atoms with van der Waals surface area (Å²) in [5, 5.41) is 3.36. The molecule has 0 radical (unpaired) electrons. The summed E-state index contributed by atoms with van der Waals surface area (Å²) in [5.74, 6) is 0.826. The van der Waals surface area contributed by atoms with E-state index < -0.39 is 10.0 Å². The Morgan fingerprint density at radius 1 is 1.27 bits per heavy atom. The predicted molar refractivity (Wildman–Crippen MR) is 86.2 cm³/mol. The van der Waals surface area contributed by atoms with Crippen LogP contribution in [-0.4, -0.2) is 45.5 Å². The van der Waals surface area contributed by atoms with E-state index in [1.807, 2.05) is 0 Å². The minimum atomic E-state index is -3.37. The standard InChI is InChI=1S/C15H20N2O3S.ClH/c18-21(19,13-1-2-14-12(9-13)3-8-20-14)17-7-5-15(11-17)4-6-16-10-15;/h1-2,9,16H,3-8,10-11H2;1H. The highest BCUT2D eigenvalue weighted by Crippen LogP contribution is 2.39. The Bertz CT molecular complexity index is 671. The summed E-state index contributed by atoms with van der Waals surface area (Å²) in [6.45, 7) is 3.88. The first-order chi connectivity index (χ1) is 10.1. The van der Waals surface area contributed by atoms with E-state index in [0.717, 1.165) is 43.7 Å². The molecule has 0 amide bonds. The van der Waals surface area contributed by atoms with Crippen molar-refractivity contribution in [1.82, 2.24) is 9.62 Å². The average molecular weight is 345 g/mol. The Morgan fingerprint density at radius 3 is 2.91 bits per heavy atom. The molecule has 0 aromatic heterocycles. The third-order valence-electron chi connectivity index (χ3n) is 5.03. The van der Waals surface area contributed by atoms with Crippen LogP contribution in [-0.2, 0) is 16.4 Å². The van der Waals surface area contributed by atoms with Crippen molar-refractivity contribution in [3.05, 3.63) is 23.8 Å². The van der Waals surface area contributed by atoms with Crippen LogP contribution in [0.4, 0.5) is 0 Å². The molecule has 7 heteroatoms. The van der Waals surface area contributed by atoms with Gasteiger partial charge in [0.25, 0.3) is 0 Å². The SMILES string of the molecule is Cl.O=S(=O)(c1ccc2c(c1)CCO2)N1CCC2(CCNC2)C1. The Morgan fingerprint density at radius 2 is 2.14 bits per heavy atom. The van der Waals surface area contributed by atoms with Crippen LogP contribution in [0.1, 0.15) is 18.4 Å². The first kappa shape index (κ1) is 16.1. The number of halogens is 1. The number of rotatable bonds is 2. The van der Waals surface area contributed by atoms with Crippen molar-refractivity contribution in [3.63, 3.8) is 0 Å². The highest BCUT2D eigenvalue weighted by atomic mass is 35.5. The predicted octanol–water partition coefficient (Wildman–Crippen LogP) is 1.42. The number of ether oxygens (including phenoxy) is 1. The fourth-order valence-electron chi connectivity index (χ4n) is 3.72. The Kier molecular flexibility index (Phi) is 4.14. The maximum absolute atomic E-state index is 12.8. The van der Waals surface area contributed by atoms with E-state index in [0.29, 0.717) is 24.6 Å². The molecule has 122 valence electrons. The molecule has 2 saturated heterocycles. The molecule has 3 heterocycles. The fraction of sp³-hybridized carbons (Fsp3) is 0.600. The first-order valence-corrected chi connectivity index (χ1v) is 9.00. The summed E-state index contributed by atoms with van der Waals surface area (Å²) in [6.07, 6.45) is 2.84. The number of fused-ring (bicyclic) bond motifs is 1. The molecular weight excluding hydrogens is 324 g/mol. The van der Waals surface area contributed by atoms with Gasteiger partial charge in [-0.15, -0.1) is 12.4 Å². The van der Waals surface area contributed by atoms with Gasteiger partial charge in [0.2, 0.25) is 10.0 Å². The van der Waals surface area contributed by atoms with Crippen LogP contribution in [0.2, 0.25) is 0 Å². The van der Waals surface area contributed by atoms with Gasteiger partial charge in [0.15, 0.2) is 0 Å². The number of benzene rings is 1. The smallest absolute Gasteiger partial charge is 0.243 e. The minimum absolute atomic E-state index is 0. The molecule has 1 aromatic rings. The lowest BCUT2D eigenvalue weighted by atomic mass is 9.87. The summed E-state index contributed by atoms with van der Waals surface area (Å²) < 4.78 is 32.8. The van der Waals surface area contributed by atoms with Crippen molar-refractivity contribution < 1.29 is 13.2 Å². The first-order valence-electron chi connectivity index (χ1n) is 7.56. The second kappa shape index (κ2) is 5.67. The molecule has 1 unspecified atom stereocenters. The van der Waals surface area contributed by atoms with Crippen LogP contribution in [0, 0.1) is 5.41 Å². The van der Waals surface area contributed by atoms with Gasteiger partial charge in [-0.25, -0.2) is 8.42 Å². The molecule has 1 aromatic carbocycles. The second-order valence-corrected chi connectivity index (χ2v) is 8.32. The van der Waals surface area contributed by atoms with Crippen molar-refractivity contribution in [2.75, 3.05) is 32.8 Å². The molecule has 4 rings (SSSR count). The van der Waals surface area contributed by atoms with Gasteiger partial charge in [0, 0.05) is 26.1 Å². The third kappa shape index (κ3) is 2.52. The molecular formula is C15H21ClN2O3S. The van der Waals surface area contributed by atoms with Gasteiger partial charge in [-0.3, -0.25) is 0 Å². The highest BCUT2D eigenvalue weighted by Gasteiger charge is 2.44. The maximum Gasteiger partial charge on any atom is 0.243 e. The van der Waals surface area contributed by atoms with Gasteiger partial charge in [-0.1, -0.05) is 0 Å².